The second kappa shape index (κ2) is 7.85. The highest BCUT2D eigenvalue weighted by Crippen LogP contribution is 2.18. The maximum atomic E-state index is 13.3. The molecular formula is C23H18N4O. The average Bonchev–Trinajstić information content (AvgIpc) is 2.75. The molecule has 0 aliphatic heterocycles. The van der Waals surface area contributed by atoms with E-state index in [2.05, 4.69) is 16.0 Å². The molecule has 0 fully saturated rings. The third kappa shape index (κ3) is 3.53. The van der Waals surface area contributed by atoms with Crippen LogP contribution in [0.5, 0.6) is 0 Å². The molecule has 0 amide bonds. The lowest BCUT2D eigenvalue weighted by molar-refractivity contribution is 0.802. The van der Waals surface area contributed by atoms with E-state index in [0.29, 0.717) is 23.3 Å². The second-order valence-corrected chi connectivity index (χ2v) is 6.60. The molecule has 3 aromatic heterocycles. The van der Waals surface area contributed by atoms with Gasteiger partial charge in [0.25, 0.3) is 5.56 Å². The Bertz CT molecular complexity index is 1220. The summed E-state index contributed by atoms with van der Waals surface area (Å²) in [6, 6.07) is 18.9. The second-order valence-electron chi connectivity index (χ2n) is 6.60. The molecule has 0 saturated heterocycles. The van der Waals surface area contributed by atoms with Gasteiger partial charge in [0.15, 0.2) is 0 Å². The van der Waals surface area contributed by atoms with E-state index < -0.39 is 0 Å². The molecule has 1 aromatic carbocycles. The Morgan fingerprint density at radius 2 is 1.82 bits per heavy atom. The maximum Gasteiger partial charge on any atom is 0.259 e. The normalized spacial score (nSPS) is 10.7. The van der Waals surface area contributed by atoms with Gasteiger partial charge >= 0.3 is 0 Å². The van der Waals surface area contributed by atoms with Crippen LogP contribution >= 0.6 is 0 Å². The van der Waals surface area contributed by atoms with E-state index in [1.165, 1.54) is 5.56 Å². The number of aromatic nitrogens is 3. The van der Waals surface area contributed by atoms with E-state index in [-0.39, 0.29) is 5.56 Å². The lowest BCUT2D eigenvalue weighted by atomic mass is 10.0. The minimum Gasteiger partial charge on any atom is -0.269 e. The van der Waals surface area contributed by atoms with Crippen molar-refractivity contribution in [3.63, 3.8) is 0 Å². The molecule has 3 heterocycles. The summed E-state index contributed by atoms with van der Waals surface area (Å²) in [6.45, 7) is 0. The molecule has 4 rings (SSSR count). The molecule has 0 radical (unpaired) electrons. The van der Waals surface area contributed by atoms with Crippen LogP contribution in [-0.2, 0) is 12.8 Å². The first-order valence-electron chi connectivity index (χ1n) is 9.15. The molecule has 0 N–H and O–H groups in total. The Morgan fingerprint density at radius 1 is 0.964 bits per heavy atom. The quantitative estimate of drug-likeness (QED) is 0.538. The summed E-state index contributed by atoms with van der Waals surface area (Å²) in [7, 11) is 0. The monoisotopic (exact) mass is 366 g/mol. The van der Waals surface area contributed by atoms with Crippen LogP contribution in [0.4, 0.5) is 0 Å². The number of pyridine rings is 3. The fourth-order valence-electron chi connectivity index (χ4n) is 3.36. The molecule has 0 saturated carbocycles. The zero-order valence-corrected chi connectivity index (χ0v) is 15.2. The van der Waals surface area contributed by atoms with Gasteiger partial charge in [0.1, 0.15) is 5.65 Å². The van der Waals surface area contributed by atoms with Crippen LogP contribution in [0.1, 0.15) is 23.1 Å². The lowest BCUT2D eigenvalue weighted by Gasteiger charge is -2.12. The van der Waals surface area contributed by atoms with Crippen LogP contribution in [0.3, 0.4) is 0 Å². The van der Waals surface area contributed by atoms with Gasteiger partial charge in [-0.1, -0.05) is 6.07 Å². The van der Waals surface area contributed by atoms with Gasteiger partial charge in [-0.15, -0.1) is 0 Å². The summed E-state index contributed by atoms with van der Waals surface area (Å²) in [5.41, 5.74) is 3.63. The standard InChI is InChI=1S/C23H18N4O/c24-16-18-5-2-8-21(14-18)27-22-19(7-3-11-26-22)15-20(23(27)28)6-1-4-17-9-12-25-13-10-17/h2-3,5,7-15H,1,4,6H2. The highest BCUT2D eigenvalue weighted by Gasteiger charge is 2.12. The largest absolute Gasteiger partial charge is 0.269 e. The number of rotatable bonds is 5. The summed E-state index contributed by atoms with van der Waals surface area (Å²) >= 11 is 0. The van der Waals surface area contributed by atoms with Crippen LogP contribution in [0, 0.1) is 11.3 Å². The summed E-state index contributed by atoms with van der Waals surface area (Å²) in [5, 5.41) is 10.1. The van der Waals surface area contributed by atoms with Crippen molar-refractivity contribution in [3.8, 4) is 11.8 Å². The lowest BCUT2D eigenvalue weighted by Crippen LogP contribution is -2.23. The fourth-order valence-corrected chi connectivity index (χ4v) is 3.36. The van der Waals surface area contributed by atoms with Crippen molar-refractivity contribution >= 4 is 11.0 Å². The van der Waals surface area contributed by atoms with Gasteiger partial charge in [-0.3, -0.25) is 14.3 Å². The molecule has 28 heavy (non-hydrogen) atoms. The van der Waals surface area contributed by atoms with Crippen molar-refractivity contribution in [1.82, 2.24) is 14.5 Å². The Kier molecular flexibility index (Phi) is 4.94. The number of nitrogens with zero attached hydrogens (tertiary/aromatic N) is 4. The first-order chi connectivity index (χ1) is 13.8. The van der Waals surface area contributed by atoms with Gasteiger partial charge in [-0.2, -0.15) is 5.26 Å². The molecule has 136 valence electrons. The van der Waals surface area contributed by atoms with Crippen molar-refractivity contribution in [1.29, 1.82) is 5.26 Å². The smallest absolute Gasteiger partial charge is 0.259 e. The van der Waals surface area contributed by atoms with E-state index in [1.54, 1.807) is 41.4 Å². The van der Waals surface area contributed by atoms with Crippen LogP contribution in [0.25, 0.3) is 16.7 Å². The van der Waals surface area contributed by atoms with Crippen LogP contribution in [0.15, 0.2) is 78.0 Å². The molecule has 5 heteroatoms. The Morgan fingerprint density at radius 3 is 2.64 bits per heavy atom. The SMILES string of the molecule is N#Cc1cccc(-n2c(=O)c(CCCc3ccncc3)cc3cccnc32)c1. The number of hydrogen-bond acceptors (Lipinski definition) is 4. The van der Waals surface area contributed by atoms with Crippen LogP contribution < -0.4 is 5.56 Å². The van der Waals surface area contributed by atoms with Crippen molar-refractivity contribution in [2.75, 3.05) is 0 Å². The number of nitriles is 1. The minimum absolute atomic E-state index is 0.0870. The van der Waals surface area contributed by atoms with Crippen LogP contribution in [-0.4, -0.2) is 14.5 Å². The molecule has 0 aliphatic rings. The van der Waals surface area contributed by atoms with Crippen molar-refractivity contribution < 1.29 is 0 Å². The van der Waals surface area contributed by atoms with E-state index >= 15 is 0 Å². The zero-order valence-electron chi connectivity index (χ0n) is 15.2. The topological polar surface area (TPSA) is 71.6 Å². The summed E-state index contributed by atoms with van der Waals surface area (Å²) < 4.78 is 1.61. The molecule has 0 spiro atoms. The predicted octanol–water partition coefficient (Wildman–Crippen LogP) is 3.83. The molecule has 0 bridgehead atoms. The Labute approximate surface area is 162 Å². The molecular weight excluding hydrogens is 348 g/mol. The van der Waals surface area contributed by atoms with E-state index in [9.17, 15) is 10.1 Å². The molecule has 5 nitrogen and oxygen atoms in total. The first-order valence-corrected chi connectivity index (χ1v) is 9.15. The van der Waals surface area contributed by atoms with Gasteiger partial charge in [0.2, 0.25) is 0 Å². The summed E-state index contributed by atoms with van der Waals surface area (Å²) in [5.74, 6) is 0. The molecule has 0 unspecified atom stereocenters. The maximum absolute atomic E-state index is 13.3. The predicted molar refractivity (Wildman–Crippen MR) is 108 cm³/mol. The van der Waals surface area contributed by atoms with Crippen molar-refractivity contribution in [3.05, 3.63) is 100 Å². The van der Waals surface area contributed by atoms with Gasteiger partial charge in [-0.25, -0.2) is 4.98 Å². The molecule has 4 aromatic rings. The van der Waals surface area contributed by atoms with E-state index in [1.807, 2.05) is 36.4 Å². The highest BCUT2D eigenvalue weighted by molar-refractivity contribution is 5.77. The fraction of sp³-hybridized carbons (Fsp3) is 0.130. The van der Waals surface area contributed by atoms with Gasteiger partial charge in [0.05, 0.1) is 17.3 Å². The van der Waals surface area contributed by atoms with E-state index in [0.717, 1.165) is 23.8 Å². The first kappa shape index (κ1) is 17.6. The third-order valence-corrected chi connectivity index (χ3v) is 4.73. The van der Waals surface area contributed by atoms with Crippen LogP contribution in [0.2, 0.25) is 0 Å². The Hall–Kier alpha value is -3.78. The number of fused-ring (bicyclic) bond motifs is 1. The van der Waals surface area contributed by atoms with Crippen molar-refractivity contribution in [2.24, 2.45) is 0 Å². The summed E-state index contributed by atoms with van der Waals surface area (Å²) in [6.07, 6.45) is 7.66. The highest BCUT2D eigenvalue weighted by atomic mass is 16.1. The van der Waals surface area contributed by atoms with Gasteiger partial charge < -0.3 is 0 Å². The summed E-state index contributed by atoms with van der Waals surface area (Å²) in [4.78, 5) is 21.7. The third-order valence-electron chi connectivity index (χ3n) is 4.73. The number of aryl methyl sites for hydroxylation is 2. The van der Waals surface area contributed by atoms with Gasteiger partial charge in [-0.05, 0) is 73.4 Å². The van der Waals surface area contributed by atoms with Gasteiger partial charge in [0, 0.05) is 29.5 Å². The number of hydrogen-bond donors (Lipinski definition) is 0. The van der Waals surface area contributed by atoms with E-state index in [4.69, 9.17) is 0 Å². The number of benzene rings is 1. The average molecular weight is 366 g/mol. The Balaban J connectivity index is 1.75. The zero-order chi connectivity index (χ0) is 19.3. The minimum atomic E-state index is -0.0870. The molecule has 0 aliphatic carbocycles. The van der Waals surface area contributed by atoms with Crippen molar-refractivity contribution in [2.45, 2.75) is 19.3 Å². The molecule has 0 atom stereocenters.